The summed E-state index contributed by atoms with van der Waals surface area (Å²) in [7, 11) is 0. The van der Waals surface area contributed by atoms with Crippen LogP contribution in [0.1, 0.15) is 17.3 Å². The molecule has 0 atom stereocenters. The lowest BCUT2D eigenvalue weighted by Gasteiger charge is -2.16. The lowest BCUT2D eigenvalue weighted by molar-refractivity contribution is 0.102. The quantitative estimate of drug-likeness (QED) is 0.363. The van der Waals surface area contributed by atoms with Crippen LogP contribution in [0.15, 0.2) is 83.7 Å². The number of carbonyl (C=O) groups is 1. The topological polar surface area (TPSA) is 76.9 Å². The Balaban J connectivity index is 1.71. The number of halogens is 1. The number of benzene rings is 3. The zero-order valence-electron chi connectivity index (χ0n) is 18.2. The number of aromatic nitrogens is 3. The van der Waals surface area contributed by atoms with Gasteiger partial charge in [-0.2, -0.15) is 5.10 Å². The van der Waals surface area contributed by atoms with Crippen LogP contribution < -0.4 is 10.9 Å². The SMILES string of the molecule is CCn1nc(-c2ccccc2)c(-c2ccccc2)c(C(=O)Nc2nc3ccc(F)cc3s2)c1=O. The van der Waals surface area contributed by atoms with E-state index >= 15 is 0 Å². The predicted molar refractivity (Wildman–Crippen MR) is 133 cm³/mol. The van der Waals surface area contributed by atoms with Gasteiger partial charge < -0.3 is 0 Å². The predicted octanol–water partition coefficient (Wildman–Crippen LogP) is 5.60. The minimum Gasteiger partial charge on any atom is -0.298 e. The van der Waals surface area contributed by atoms with Crippen LogP contribution in [0.2, 0.25) is 0 Å². The Morgan fingerprint density at radius 2 is 1.68 bits per heavy atom. The minimum atomic E-state index is -0.592. The van der Waals surface area contributed by atoms with Gasteiger partial charge in [-0.05, 0) is 30.7 Å². The highest BCUT2D eigenvalue weighted by molar-refractivity contribution is 7.22. The number of hydrogen-bond acceptors (Lipinski definition) is 5. The average Bonchev–Trinajstić information content (AvgIpc) is 3.25. The van der Waals surface area contributed by atoms with E-state index in [-0.39, 0.29) is 16.5 Å². The molecule has 168 valence electrons. The van der Waals surface area contributed by atoms with Crippen LogP contribution in [0.3, 0.4) is 0 Å². The molecule has 34 heavy (non-hydrogen) atoms. The highest BCUT2D eigenvalue weighted by Crippen LogP contribution is 2.33. The molecule has 0 unspecified atom stereocenters. The molecule has 2 heterocycles. The van der Waals surface area contributed by atoms with Crippen LogP contribution in [0, 0.1) is 5.82 Å². The fraction of sp³-hybridized carbons (Fsp3) is 0.0769. The fourth-order valence-electron chi connectivity index (χ4n) is 3.79. The molecule has 0 radical (unpaired) electrons. The zero-order valence-corrected chi connectivity index (χ0v) is 19.0. The van der Waals surface area contributed by atoms with Gasteiger partial charge in [-0.1, -0.05) is 72.0 Å². The largest absolute Gasteiger partial charge is 0.298 e. The first kappa shape index (κ1) is 21.7. The molecule has 3 aromatic carbocycles. The number of aryl methyl sites for hydroxylation is 1. The summed E-state index contributed by atoms with van der Waals surface area (Å²) in [6, 6.07) is 22.9. The van der Waals surface area contributed by atoms with Crippen molar-refractivity contribution in [1.29, 1.82) is 0 Å². The molecule has 5 aromatic rings. The third-order valence-corrected chi connectivity index (χ3v) is 6.30. The van der Waals surface area contributed by atoms with Crippen molar-refractivity contribution in [2.75, 3.05) is 5.32 Å². The van der Waals surface area contributed by atoms with E-state index in [2.05, 4.69) is 15.4 Å². The Kier molecular flexibility index (Phi) is 5.73. The molecule has 0 spiro atoms. The number of anilines is 1. The van der Waals surface area contributed by atoms with Gasteiger partial charge in [0.05, 0.1) is 15.9 Å². The van der Waals surface area contributed by atoms with Crippen LogP contribution in [0.25, 0.3) is 32.6 Å². The summed E-state index contributed by atoms with van der Waals surface area (Å²) in [6.07, 6.45) is 0. The van der Waals surface area contributed by atoms with Crippen molar-refractivity contribution >= 4 is 32.6 Å². The van der Waals surface area contributed by atoms with Crippen LogP contribution in [0.4, 0.5) is 9.52 Å². The van der Waals surface area contributed by atoms with Crippen molar-refractivity contribution in [3.8, 4) is 22.4 Å². The molecule has 5 rings (SSSR count). The molecular weight excluding hydrogens is 451 g/mol. The lowest BCUT2D eigenvalue weighted by Crippen LogP contribution is -2.32. The molecule has 0 bridgehead atoms. The molecule has 0 saturated heterocycles. The molecule has 6 nitrogen and oxygen atoms in total. The molecule has 0 saturated carbocycles. The first-order valence-corrected chi connectivity index (χ1v) is 11.5. The highest BCUT2D eigenvalue weighted by atomic mass is 32.1. The van der Waals surface area contributed by atoms with Gasteiger partial charge in [0.15, 0.2) is 5.13 Å². The second-order valence-corrected chi connectivity index (χ2v) is 8.57. The number of hydrogen-bond donors (Lipinski definition) is 1. The second-order valence-electron chi connectivity index (χ2n) is 7.54. The molecule has 2 aromatic heterocycles. The van der Waals surface area contributed by atoms with Gasteiger partial charge in [0.2, 0.25) is 0 Å². The Hall–Kier alpha value is -4.17. The number of rotatable bonds is 5. The summed E-state index contributed by atoms with van der Waals surface area (Å²) in [5, 5.41) is 7.64. The van der Waals surface area contributed by atoms with Gasteiger partial charge in [0.1, 0.15) is 11.4 Å². The molecule has 1 amide bonds. The highest BCUT2D eigenvalue weighted by Gasteiger charge is 2.25. The molecule has 8 heteroatoms. The third kappa shape index (κ3) is 3.99. The number of amides is 1. The summed E-state index contributed by atoms with van der Waals surface area (Å²) in [5.74, 6) is -0.974. The maximum absolute atomic E-state index is 13.6. The Labute approximate surface area is 198 Å². The maximum Gasteiger partial charge on any atom is 0.280 e. The van der Waals surface area contributed by atoms with E-state index in [0.29, 0.717) is 33.6 Å². The van der Waals surface area contributed by atoms with E-state index in [1.54, 1.807) is 13.0 Å². The van der Waals surface area contributed by atoms with Crippen molar-refractivity contribution in [3.63, 3.8) is 0 Å². The van der Waals surface area contributed by atoms with Crippen LogP contribution in [-0.2, 0) is 6.54 Å². The van der Waals surface area contributed by atoms with E-state index in [4.69, 9.17) is 0 Å². The van der Waals surface area contributed by atoms with Crippen LogP contribution >= 0.6 is 11.3 Å². The number of fused-ring (bicyclic) bond motifs is 1. The zero-order chi connectivity index (χ0) is 23.7. The first-order valence-electron chi connectivity index (χ1n) is 10.7. The van der Waals surface area contributed by atoms with E-state index in [1.807, 2.05) is 60.7 Å². The first-order chi connectivity index (χ1) is 16.5. The van der Waals surface area contributed by atoms with E-state index < -0.39 is 11.5 Å². The smallest absolute Gasteiger partial charge is 0.280 e. The molecule has 0 aliphatic rings. The van der Waals surface area contributed by atoms with E-state index in [1.165, 1.54) is 16.8 Å². The van der Waals surface area contributed by atoms with E-state index in [0.717, 1.165) is 16.9 Å². The molecule has 0 aliphatic heterocycles. The van der Waals surface area contributed by atoms with Gasteiger partial charge in [-0.25, -0.2) is 14.1 Å². The van der Waals surface area contributed by atoms with Crippen LogP contribution in [-0.4, -0.2) is 20.7 Å². The summed E-state index contributed by atoms with van der Waals surface area (Å²) < 4.78 is 15.5. The Morgan fingerprint density at radius 1 is 1.00 bits per heavy atom. The van der Waals surface area contributed by atoms with Gasteiger partial charge in [0, 0.05) is 17.7 Å². The van der Waals surface area contributed by atoms with Gasteiger partial charge in [-0.3, -0.25) is 14.9 Å². The van der Waals surface area contributed by atoms with Crippen molar-refractivity contribution in [2.45, 2.75) is 13.5 Å². The number of thiazole rings is 1. The number of carbonyl (C=O) groups excluding carboxylic acids is 1. The van der Waals surface area contributed by atoms with Gasteiger partial charge in [-0.15, -0.1) is 0 Å². The second kappa shape index (κ2) is 8.99. The monoisotopic (exact) mass is 470 g/mol. The normalized spacial score (nSPS) is 11.0. The Morgan fingerprint density at radius 3 is 2.35 bits per heavy atom. The Bertz CT molecular complexity index is 1560. The summed E-state index contributed by atoms with van der Waals surface area (Å²) in [6.45, 7) is 2.10. The van der Waals surface area contributed by atoms with Crippen molar-refractivity contribution in [1.82, 2.24) is 14.8 Å². The lowest BCUT2D eigenvalue weighted by atomic mass is 9.95. The molecule has 1 N–H and O–H groups in total. The summed E-state index contributed by atoms with van der Waals surface area (Å²) in [5.41, 5.74) is 2.52. The number of nitrogens with zero attached hydrogens (tertiary/aromatic N) is 3. The molecule has 0 aliphatic carbocycles. The van der Waals surface area contributed by atoms with Gasteiger partial charge in [0.25, 0.3) is 11.5 Å². The standard InChI is InChI=1S/C26H19FN4O2S/c1-2-31-25(33)22(24(32)29-26-28-19-14-13-18(27)15-20(19)34-26)21(16-9-5-3-6-10-16)23(30-31)17-11-7-4-8-12-17/h3-15H,2H2,1H3,(H,28,29,32). The van der Waals surface area contributed by atoms with E-state index in [9.17, 15) is 14.0 Å². The average molecular weight is 471 g/mol. The van der Waals surface area contributed by atoms with Crippen molar-refractivity contribution in [2.24, 2.45) is 0 Å². The third-order valence-electron chi connectivity index (χ3n) is 5.36. The van der Waals surface area contributed by atoms with Crippen molar-refractivity contribution in [3.05, 3.63) is 101 Å². The fourth-order valence-corrected chi connectivity index (χ4v) is 4.68. The summed E-state index contributed by atoms with van der Waals surface area (Å²) >= 11 is 1.14. The molecular formula is C26H19FN4O2S. The maximum atomic E-state index is 13.6. The number of nitrogens with one attached hydrogen (secondary N) is 1. The molecule has 0 fully saturated rings. The summed E-state index contributed by atoms with van der Waals surface area (Å²) in [4.78, 5) is 31.3. The van der Waals surface area contributed by atoms with Crippen molar-refractivity contribution < 1.29 is 9.18 Å². The minimum absolute atomic E-state index is 0.0210. The van der Waals surface area contributed by atoms with Gasteiger partial charge >= 0.3 is 0 Å². The van der Waals surface area contributed by atoms with Crippen LogP contribution in [0.5, 0.6) is 0 Å².